The molecule has 0 spiro atoms. The second-order valence-corrected chi connectivity index (χ2v) is 7.25. The first-order valence-corrected chi connectivity index (χ1v) is 9.05. The lowest BCUT2D eigenvalue weighted by molar-refractivity contribution is -0.145. The van der Waals surface area contributed by atoms with E-state index in [1.54, 1.807) is 0 Å². The van der Waals surface area contributed by atoms with Gasteiger partial charge in [-0.3, -0.25) is 14.4 Å². The molecule has 0 aromatic rings. The third-order valence-electron chi connectivity index (χ3n) is 4.64. The number of aliphatic hydroxyl groups excluding tert-OH is 1. The van der Waals surface area contributed by atoms with Crippen LogP contribution in [-0.4, -0.2) is 75.6 Å². The molecule has 1 fully saturated rings. The van der Waals surface area contributed by atoms with Crippen molar-refractivity contribution in [2.24, 2.45) is 11.7 Å². The number of nitrogens with one attached hydrogen (secondary N) is 2. The van der Waals surface area contributed by atoms with Crippen molar-refractivity contribution in [3.63, 3.8) is 0 Å². The fourth-order valence-corrected chi connectivity index (χ4v) is 2.82. The summed E-state index contributed by atoms with van der Waals surface area (Å²) >= 11 is 0. The van der Waals surface area contributed by atoms with Gasteiger partial charge in [0, 0.05) is 6.54 Å². The molecular weight excluding hydrogens is 356 g/mol. The number of carbonyl (C=O) groups excluding carboxylic acids is 3. The zero-order valence-electron chi connectivity index (χ0n) is 16.1. The molecule has 0 aromatic carbocycles. The Bertz CT molecular complexity index is 580. The van der Waals surface area contributed by atoms with Gasteiger partial charge in [0.2, 0.25) is 17.7 Å². The van der Waals surface area contributed by atoms with E-state index in [9.17, 15) is 24.3 Å². The van der Waals surface area contributed by atoms with Crippen molar-refractivity contribution in [3.05, 3.63) is 0 Å². The van der Waals surface area contributed by atoms with Crippen molar-refractivity contribution in [1.29, 1.82) is 0 Å². The maximum Gasteiger partial charge on any atom is 0.328 e. The SMILES string of the molecule is CC(NC(=O)C1CCCN1C(=O)C(N)C(C)C)C(=O)NC(C(=O)O)C(C)O. The quantitative estimate of drug-likeness (QED) is 0.336. The molecule has 0 saturated carbocycles. The van der Waals surface area contributed by atoms with E-state index in [2.05, 4.69) is 10.6 Å². The van der Waals surface area contributed by atoms with Gasteiger partial charge >= 0.3 is 5.97 Å². The van der Waals surface area contributed by atoms with E-state index in [1.807, 2.05) is 13.8 Å². The second-order valence-electron chi connectivity index (χ2n) is 7.25. The Morgan fingerprint density at radius 1 is 1.11 bits per heavy atom. The van der Waals surface area contributed by atoms with Crippen LogP contribution in [0.15, 0.2) is 0 Å². The average molecular weight is 386 g/mol. The standard InChI is InChI=1S/C17H30N4O6/c1-8(2)12(18)16(25)21-7-5-6-11(21)15(24)19-9(3)14(23)20-13(10(4)22)17(26)27/h8-13,22H,5-7,18H2,1-4H3,(H,19,24)(H,20,23)(H,26,27). The number of likely N-dealkylation sites (tertiary alicyclic amines) is 1. The molecule has 27 heavy (non-hydrogen) atoms. The number of carboxylic acids is 1. The Morgan fingerprint density at radius 2 is 1.70 bits per heavy atom. The van der Waals surface area contributed by atoms with Gasteiger partial charge in [0.25, 0.3) is 0 Å². The van der Waals surface area contributed by atoms with Crippen molar-refractivity contribution >= 4 is 23.7 Å². The van der Waals surface area contributed by atoms with Gasteiger partial charge in [-0.25, -0.2) is 4.79 Å². The molecule has 6 N–H and O–H groups in total. The molecule has 1 saturated heterocycles. The van der Waals surface area contributed by atoms with Crippen LogP contribution in [-0.2, 0) is 19.2 Å². The fourth-order valence-electron chi connectivity index (χ4n) is 2.82. The van der Waals surface area contributed by atoms with Gasteiger partial charge in [0.1, 0.15) is 12.1 Å². The number of aliphatic hydroxyl groups is 1. The molecule has 1 rings (SSSR count). The van der Waals surface area contributed by atoms with E-state index >= 15 is 0 Å². The molecule has 0 bridgehead atoms. The molecule has 10 heteroatoms. The maximum absolute atomic E-state index is 12.5. The first kappa shape index (κ1) is 22.8. The van der Waals surface area contributed by atoms with Crippen LogP contribution in [0.1, 0.15) is 40.5 Å². The number of amides is 3. The van der Waals surface area contributed by atoms with Gasteiger partial charge in [0.05, 0.1) is 12.1 Å². The predicted molar refractivity (Wildman–Crippen MR) is 96.4 cm³/mol. The Balaban J connectivity index is 2.72. The molecule has 0 aromatic heterocycles. The highest BCUT2D eigenvalue weighted by Crippen LogP contribution is 2.19. The molecule has 154 valence electrons. The molecule has 5 unspecified atom stereocenters. The highest BCUT2D eigenvalue weighted by molar-refractivity contribution is 5.94. The monoisotopic (exact) mass is 386 g/mol. The van der Waals surface area contributed by atoms with E-state index in [1.165, 1.54) is 18.7 Å². The number of carboxylic acid groups (broad SMARTS) is 1. The third kappa shape index (κ3) is 5.90. The van der Waals surface area contributed by atoms with E-state index in [0.29, 0.717) is 19.4 Å². The first-order valence-electron chi connectivity index (χ1n) is 9.05. The Hall–Kier alpha value is -2.20. The minimum Gasteiger partial charge on any atom is -0.480 e. The Morgan fingerprint density at radius 3 is 2.19 bits per heavy atom. The number of hydrogen-bond donors (Lipinski definition) is 5. The van der Waals surface area contributed by atoms with Gasteiger partial charge < -0.3 is 31.5 Å². The van der Waals surface area contributed by atoms with Gasteiger partial charge in [-0.05, 0) is 32.6 Å². The zero-order chi connectivity index (χ0) is 20.9. The van der Waals surface area contributed by atoms with Gasteiger partial charge in [-0.1, -0.05) is 13.8 Å². The normalized spacial score (nSPS) is 21.3. The smallest absolute Gasteiger partial charge is 0.328 e. The predicted octanol–water partition coefficient (Wildman–Crippen LogP) is -1.58. The summed E-state index contributed by atoms with van der Waals surface area (Å²) in [6.07, 6.45) is -0.185. The largest absolute Gasteiger partial charge is 0.480 e. The Kier molecular flexibility index (Phi) is 8.17. The molecule has 3 amide bonds. The van der Waals surface area contributed by atoms with Crippen LogP contribution in [0.4, 0.5) is 0 Å². The molecule has 1 aliphatic rings. The van der Waals surface area contributed by atoms with Crippen molar-refractivity contribution in [2.75, 3.05) is 6.54 Å². The maximum atomic E-state index is 12.5. The van der Waals surface area contributed by atoms with E-state index in [-0.39, 0.29) is 11.8 Å². The summed E-state index contributed by atoms with van der Waals surface area (Å²) in [6.45, 7) is 6.70. The van der Waals surface area contributed by atoms with Crippen LogP contribution in [0.5, 0.6) is 0 Å². The molecule has 0 aliphatic carbocycles. The van der Waals surface area contributed by atoms with Crippen molar-refractivity contribution in [3.8, 4) is 0 Å². The number of nitrogens with two attached hydrogens (primary N) is 1. The van der Waals surface area contributed by atoms with Crippen LogP contribution < -0.4 is 16.4 Å². The number of nitrogens with zero attached hydrogens (tertiary/aromatic N) is 1. The summed E-state index contributed by atoms with van der Waals surface area (Å²) in [4.78, 5) is 49.6. The first-order chi connectivity index (χ1) is 12.5. The van der Waals surface area contributed by atoms with Gasteiger partial charge in [-0.15, -0.1) is 0 Å². The topological polar surface area (TPSA) is 162 Å². The number of rotatable bonds is 8. The lowest BCUT2D eigenvalue weighted by atomic mass is 10.0. The minimum absolute atomic E-state index is 0.0695. The molecule has 1 aliphatic heterocycles. The summed E-state index contributed by atoms with van der Waals surface area (Å²) in [6, 6.07) is -3.94. The summed E-state index contributed by atoms with van der Waals surface area (Å²) in [5.74, 6) is -3.00. The van der Waals surface area contributed by atoms with E-state index in [4.69, 9.17) is 10.8 Å². The molecule has 1 heterocycles. The third-order valence-corrected chi connectivity index (χ3v) is 4.64. The average Bonchev–Trinajstić information content (AvgIpc) is 3.06. The summed E-state index contributed by atoms with van der Waals surface area (Å²) < 4.78 is 0. The second kappa shape index (κ2) is 9.65. The summed E-state index contributed by atoms with van der Waals surface area (Å²) in [5, 5.41) is 23.1. The van der Waals surface area contributed by atoms with Gasteiger partial charge in [-0.2, -0.15) is 0 Å². The van der Waals surface area contributed by atoms with Crippen LogP contribution in [0.2, 0.25) is 0 Å². The molecule has 5 atom stereocenters. The fraction of sp³-hybridized carbons (Fsp3) is 0.765. The van der Waals surface area contributed by atoms with Crippen molar-refractivity contribution in [2.45, 2.75) is 70.8 Å². The molecule has 0 radical (unpaired) electrons. The van der Waals surface area contributed by atoms with Crippen molar-refractivity contribution in [1.82, 2.24) is 15.5 Å². The number of carbonyl (C=O) groups is 4. The van der Waals surface area contributed by atoms with Crippen LogP contribution in [0, 0.1) is 5.92 Å². The molecular formula is C17H30N4O6. The van der Waals surface area contributed by atoms with Crippen molar-refractivity contribution < 1.29 is 29.4 Å². The van der Waals surface area contributed by atoms with E-state index < -0.39 is 48.1 Å². The van der Waals surface area contributed by atoms with Crippen LogP contribution in [0.25, 0.3) is 0 Å². The van der Waals surface area contributed by atoms with E-state index in [0.717, 1.165) is 0 Å². The highest BCUT2D eigenvalue weighted by atomic mass is 16.4. The Labute approximate surface area is 158 Å². The summed E-state index contributed by atoms with van der Waals surface area (Å²) in [5.41, 5.74) is 5.90. The van der Waals surface area contributed by atoms with Crippen LogP contribution >= 0.6 is 0 Å². The van der Waals surface area contributed by atoms with Crippen LogP contribution in [0.3, 0.4) is 0 Å². The summed E-state index contributed by atoms with van der Waals surface area (Å²) in [7, 11) is 0. The lowest BCUT2D eigenvalue weighted by Gasteiger charge is -2.29. The minimum atomic E-state index is -1.48. The lowest BCUT2D eigenvalue weighted by Crippen LogP contribution is -2.57. The molecule has 10 nitrogen and oxygen atoms in total. The zero-order valence-corrected chi connectivity index (χ0v) is 16.1. The number of hydrogen-bond acceptors (Lipinski definition) is 6. The number of aliphatic carboxylic acids is 1. The highest BCUT2D eigenvalue weighted by Gasteiger charge is 2.38. The van der Waals surface area contributed by atoms with Gasteiger partial charge in [0.15, 0.2) is 6.04 Å².